The third kappa shape index (κ3) is 6.90. The molecule has 7 nitrogen and oxygen atoms in total. The minimum atomic E-state index is -1.38. The standard InChI is InChI=1S/C33H24I2O7/c1-19-3-11-23(12-4-19)39-29-27(33(37)38)30(40-25-15-7-21(34)8-16-25)31(41-24-13-5-20(2)6-14-24)28(36)32(29)42-26-17-9-22(35)10-18-26/h3-18,36H,1-2H3,(H,37,38). The number of rotatable bonds is 9. The molecule has 0 heterocycles. The Labute approximate surface area is 269 Å². The zero-order valence-electron chi connectivity index (χ0n) is 22.4. The van der Waals surface area contributed by atoms with Gasteiger partial charge in [0.1, 0.15) is 23.0 Å². The molecule has 0 aliphatic carbocycles. The number of carboxylic acid groups (broad SMARTS) is 1. The lowest BCUT2D eigenvalue weighted by atomic mass is 10.1. The first kappa shape index (κ1) is 29.5. The van der Waals surface area contributed by atoms with E-state index in [9.17, 15) is 15.0 Å². The van der Waals surface area contributed by atoms with Crippen LogP contribution in [0.4, 0.5) is 0 Å². The molecule has 5 rings (SSSR count). The minimum Gasteiger partial charge on any atom is -0.501 e. The van der Waals surface area contributed by atoms with Crippen molar-refractivity contribution in [3.63, 3.8) is 0 Å². The van der Waals surface area contributed by atoms with Gasteiger partial charge in [0.15, 0.2) is 17.1 Å². The summed E-state index contributed by atoms with van der Waals surface area (Å²) in [6.07, 6.45) is 0. The molecule has 0 bridgehead atoms. The summed E-state index contributed by atoms with van der Waals surface area (Å²) < 4.78 is 26.5. The summed E-state index contributed by atoms with van der Waals surface area (Å²) in [5.41, 5.74) is 1.59. The van der Waals surface area contributed by atoms with Crippen LogP contribution in [0.25, 0.3) is 0 Å². The summed E-state index contributed by atoms with van der Waals surface area (Å²) in [4.78, 5) is 13.0. The first-order valence-corrected chi connectivity index (χ1v) is 14.9. The van der Waals surface area contributed by atoms with Crippen LogP contribution in [0.3, 0.4) is 0 Å². The van der Waals surface area contributed by atoms with E-state index in [-0.39, 0.29) is 23.0 Å². The van der Waals surface area contributed by atoms with Crippen LogP contribution in [-0.4, -0.2) is 16.2 Å². The molecule has 0 aromatic heterocycles. The molecule has 0 radical (unpaired) electrons. The van der Waals surface area contributed by atoms with Crippen LogP contribution >= 0.6 is 45.2 Å². The highest BCUT2D eigenvalue weighted by Crippen LogP contribution is 2.57. The average molecular weight is 786 g/mol. The topological polar surface area (TPSA) is 94.5 Å². The van der Waals surface area contributed by atoms with Crippen molar-refractivity contribution in [2.24, 2.45) is 0 Å². The Hall–Kier alpha value is -3.97. The lowest BCUT2D eigenvalue weighted by molar-refractivity contribution is 0.0690. The van der Waals surface area contributed by atoms with Gasteiger partial charge in [-0.15, -0.1) is 0 Å². The summed E-state index contributed by atoms with van der Waals surface area (Å²) in [7, 11) is 0. The molecule has 9 heteroatoms. The summed E-state index contributed by atoms with van der Waals surface area (Å²) in [6.45, 7) is 3.85. The fraction of sp³-hybridized carbons (Fsp3) is 0.0606. The first-order chi connectivity index (χ1) is 20.2. The molecule has 0 atom stereocenters. The maximum absolute atomic E-state index is 13.0. The molecule has 0 unspecified atom stereocenters. The number of halogens is 2. The quantitative estimate of drug-likeness (QED) is 0.144. The zero-order chi connectivity index (χ0) is 29.8. The lowest BCUT2D eigenvalue weighted by Gasteiger charge is -2.22. The van der Waals surface area contributed by atoms with Gasteiger partial charge in [0.05, 0.1) is 0 Å². The van der Waals surface area contributed by atoms with Crippen LogP contribution in [0.1, 0.15) is 21.5 Å². The molecule has 2 N–H and O–H groups in total. The van der Waals surface area contributed by atoms with Crippen LogP contribution in [0.5, 0.6) is 51.7 Å². The van der Waals surface area contributed by atoms with Gasteiger partial charge >= 0.3 is 5.97 Å². The summed E-state index contributed by atoms with van der Waals surface area (Å²) in [6, 6.07) is 28.2. The second kappa shape index (κ2) is 12.9. The summed E-state index contributed by atoms with van der Waals surface area (Å²) in [5, 5.41) is 22.3. The average Bonchev–Trinajstić information content (AvgIpc) is 2.97. The van der Waals surface area contributed by atoms with E-state index in [4.69, 9.17) is 18.9 Å². The number of aromatic hydroxyl groups is 1. The van der Waals surface area contributed by atoms with Crippen molar-refractivity contribution in [2.45, 2.75) is 13.8 Å². The second-order valence-corrected chi connectivity index (χ2v) is 11.8. The fourth-order valence-corrected chi connectivity index (χ4v) is 4.64. The lowest BCUT2D eigenvalue weighted by Crippen LogP contribution is -2.07. The fourth-order valence-electron chi connectivity index (χ4n) is 3.92. The maximum Gasteiger partial charge on any atom is 0.343 e. The molecule has 42 heavy (non-hydrogen) atoms. The van der Waals surface area contributed by atoms with E-state index in [0.29, 0.717) is 23.0 Å². The first-order valence-electron chi connectivity index (χ1n) is 12.7. The maximum atomic E-state index is 13.0. The van der Waals surface area contributed by atoms with Gasteiger partial charge in [-0.2, -0.15) is 0 Å². The van der Waals surface area contributed by atoms with Gasteiger partial charge in [-0.3, -0.25) is 0 Å². The van der Waals surface area contributed by atoms with Crippen molar-refractivity contribution in [3.8, 4) is 51.7 Å². The van der Waals surface area contributed by atoms with Crippen molar-refractivity contribution in [1.82, 2.24) is 0 Å². The number of hydrogen-bond donors (Lipinski definition) is 2. The summed E-state index contributed by atoms with van der Waals surface area (Å²) >= 11 is 4.32. The monoisotopic (exact) mass is 786 g/mol. The van der Waals surface area contributed by atoms with E-state index in [2.05, 4.69) is 45.2 Å². The minimum absolute atomic E-state index is 0.244. The molecule has 5 aromatic rings. The molecule has 0 aliphatic rings. The Kier molecular flexibility index (Phi) is 9.07. The smallest absolute Gasteiger partial charge is 0.343 e. The number of carbonyl (C=O) groups is 1. The number of hydrogen-bond acceptors (Lipinski definition) is 6. The summed E-state index contributed by atoms with van der Waals surface area (Å²) in [5.74, 6) is -1.49. The van der Waals surface area contributed by atoms with Crippen molar-refractivity contribution in [3.05, 3.63) is 121 Å². The highest BCUT2D eigenvalue weighted by molar-refractivity contribution is 14.1. The second-order valence-electron chi connectivity index (χ2n) is 9.29. The number of phenolic OH excluding ortho intramolecular Hbond substituents is 1. The Balaban J connectivity index is 1.77. The molecule has 0 aliphatic heterocycles. The Bertz CT molecular complexity index is 1600. The molecule has 0 spiro atoms. The van der Waals surface area contributed by atoms with Crippen LogP contribution < -0.4 is 18.9 Å². The number of ether oxygens (including phenoxy) is 4. The molecule has 0 amide bonds. The number of benzene rings is 5. The normalized spacial score (nSPS) is 10.7. The van der Waals surface area contributed by atoms with Crippen LogP contribution in [-0.2, 0) is 0 Å². The van der Waals surface area contributed by atoms with Gasteiger partial charge in [0.25, 0.3) is 0 Å². The van der Waals surface area contributed by atoms with Crippen molar-refractivity contribution >= 4 is 51.2 Å². The molecule has 0 saturated carbocycles. The number of carboxylic acids is 1. The SMILES string of the molecule is Cc1ccc(Oc2c(O)c(Oc3ccc(I)cc3)c(Oc3ccc(C)cc3)c(C(=O)O)c2Oc2ccc(I)cc2)cc1. The van der Waals surface area contributed by atoms with E-state index >= 15 is 0 Å². The predicted octanol–water partition coefficient (Wildman–Crippen LogP) is 10.1. The molecule has 0 fully saturated rings. The highest BCUT2D eigenvalue weighted by atomic mass is 127. The van der Waals surface area contributed by atoms with E-state index < -0.39 is 17.3 Å². The van der Waals surface area contributed by atoms with Crippen molar-refractivity contribution in [2.75, 3.05) is 0 Å². The van der Waals surface area contributed by atoms with Gasteiger partial charge < -0.3 is 29.2 Å². The number of aromatic carboxylic acids is 1. The van der Waals surface area contributed by atoms with Gasteiger partial charge in [-0.1, -0.05) is 35.4 Å². The number of phenols is 1. The Morgan fingerprint density at radius 2 is 0.810 bits per heavy atom. The molecular weight excluding hydrogens is 762 g/mol. The van der Waals surface area contributed by atoms with E-state index in [1.807, 2.05) is 62.4 Å². The van der Waals surface area contributed by atoms with Gasteiger partial charge in [-0.05, 0) is 132 Å². The van der Waals surface area contributed by atoms with E-state index in [0.717, 1.165) is 18.3 Å². The molecule has 212 valence electrons. The van der Waals surface area contributed by atoms with Crippen LogP contribution in [0.15, 0.2) is 97.1 Å². The Morgan fingerprint density at radius 1 is 0.524 bits per heavy atom. The van der Waals surface area contributed by atoms with Gasteiger partial charge in [0, 0.05) is 7.14 Å². The van der Waals surface area contributed by atoms with Gasteiger partial charge in [0.2, 0.25) is 17.2 Å². The highest BCUT2D eigenvalue weighted by Gasteiger charge is 2.34. The van der Waals surface area contributed by atoms with Crippen molar-refractivity contribution < 1.29 is 34.0 Å². The number of aryl methyl sites for hydroxylation is 2. The molecular formula is C33H24I2O7. The zero-order valence-corrected chi connectivity index (χ0v) is 26.7. The van der Waals surface area contributed by atoms with E-state index in [1.54, 1.807) is 48.5 Å². The third-order valence-electron chi connectivity index (χ3n) is 6.06. The van der Waals surface area contributed by atoms with Crippen LogP contribution in [0, 0.1) is 21.0 Å². The largest absolute Gasteiger partial charge is 0.501 e. The molecule has 0 saturated heterocycles. The third-order valence-corrected chi connectivity index (χ3v) is 7.50. The van der Waals surface area contributed by atoms with Crippen LogP contribution in [0.2, 0.25) is 0 Å². The van der Waals surface area contributed by atoms with Crippen molar-refractivity contribution in [1.29, 1.82) is 0 Å². The Morgan fingerprint density at radius 3 is 1.12 bits per heavy atom. The molecule has 5 aromatic carbocycles. The predicted molar refractivity (Wildman–Crippen MR) is 176 cm³/mol. The van der Waals surface area contributed by atoms with Gasteiger partial charge in [-0.25, -0.2) is 4.79 Å². The van der Waals surface area contributed by atoms with E-state index in [1.165, 1.54) is 0 Å².